The number of nitrogens with one attached hydrogen (secondary N) is 1. The number of rotatable bonds is 6. The van der Waals surface area contributed by atoms with Crippen molar-refractivity contribution in [3.05, 3.63) is 34.3 Å². The van der Waals surface area contributed by atoms with Crippen LogP contribution in [0.3, 0.4) is 0 Å². The maximum atomic E-state index is 12.1. The van der Waals surface area contributed by atoms with Crippen LogP contribution in [0.4, 0.5) is 0 Å². The molecule has 0 saturated carbocycles. The number of carbonyl (C=O) groups excluding carboxylic acids is 1. The highest BCUT2D eigenvalue weighted by Gasteiger charge is 2.24. The maximum Gasteiger partial charge on any atom is 0.222 e. The van der Waals surface area contributed by atoms with E-state index >= 15 is 0 Å². The second kappa shape index (κ2) is 8.65. The molecule has 1 aliphatic rings. The Morgan fingerprint density at radius 3 is 2.45 bits per heavy atom. The number of hydrogen-bond acceptors (Lipinski definition) is 3. The van der Waals surface area contributed by atoms with Gasteiger partial charge in [-0.3, -0.25) is 9.69 Å². The fraction of sp³-hybridized carbons (Fsp3) is 0.588. The van der Waals surface area contributed by atoms with Crippen LogP contribution in [0.25, 0.3) is 0 Å². The Kier molecular flexibility index (Phi) is 6.86. The van der Waals surface area contributed by atoms with E-state index in [1.54, 1.807) is 0 Å². The first-order chi connectivity index (χ1) is 10.6. The fourth-order valence-electron chi connectivity index (χ4n) is 2.89. The van der Waals surface area contributed by atoms with Crippen LogP contribution in [0.5, 0.6) is 0 Å². The van der Waals surface area contributed by atoms with Gasteiger partial charge in [0.05, 0.1) is 0 Å². The Hall–Kier alpha value is -0.910. The molecule has 0 aromatic heterocycles. The van der Waals surface area contributed by atoms with Gasteiger partial charge in [0.15, 0.2) is 0 Å². The van der Waals surface area contributed by atoms with Gasteiger partial charge in [0, 0.05) is 43.1 Å². The van der Waals surface area contributed by atoms with Crippen molar-refractivity contribution in [3.63, 3.8) is 0 Å². The van der Waals surface area contributed by atoms with Crippen molar-refractivity contribution in [2.75, 3.05) is 39.8 Å². The Balaban J connectivity index is 1.81. The molecule has 5 heteroatoms. The molecule has 1 fully saturated rings. The molecule has 1 aliphatic heterocycles. The molecule has 0 bridgehead atoms. The lowest BCUT2D eigenvalue weighted by Gasteiger charge is -2.38. The zero-order valence-corrected chi connectivity index (χ0v) is 15.1. The van der Waals surface area contributed by atoms with Gasteiger partial charge in [0.25, 0.3) is 0 Å². The zero-order valence-electron chi connectivity index (χ0n) is 13.5. The van der Waals surface area contributed by atoms with E-state index < -0.39 is 0 Å². The molecule has 2 rings (SSSR count). The largest absolute Gasteiger partial charge is 0.340 e. The van der Waals surface area contributed by atoms with E-state index in [2.05, 4.69) is 57.3 Å². The number of hydrogen-bond donors (Lipinski definition) is 1. The van der Waals surface area contributed by atoms with Crippen molar-refractivity contribution in [1.29, 1.82) is 0 Å². The average Bonchev–Trinajstić information content (AvgIpc) is 2.55. The van der Waals surface area contributed by atoms with E-state index in [0.29, 0.717) is 18.4 Å². The first-order valence-electron chi connectivity index (χ1n) is 8.03. The molecular formula is C17H26BrN3O. The molecular weight excluding hydrogens is 342 g/mol. The predicted molar refractivity (Wildman–Crippen MR) is 93.9 cm³/mol. The average molecular weight is 368 g/mol. The van der Waals surface area contributed by atoms with Gasteiger partial charge in [-0.25, -0.2) is 0 Å². The summed E-state index contributed by atoms with van der Waals surface area (Å²) in [7, 11) is 1.92. The smallest absolute Gasteiger partial charge is 0.222 e. The summed E-state index contributed by atoms with van der Waals surface area (Å²) in [6.45, 7) is 6.75. The van der Waals surface area contributed by atoms with Gasteiger partial charge in [-0.2, -0.15) is 0 Å². The molecule has 4 nitrogen and oxygen atoms in total. The van der Waals surface area contributed by atoms with E-state index in [1.165, 1.54) is 5.56 Å². The summed E-state index contributed by atoms with van der Waals surface area (Å²) in [5.74, 6) is 0.297. The number of piperazine rings is 1. The molecule has 1 heterocycles. The molecule has 1 saturated heterocycles. The molecule has 1 aromatic carbocycles. The summed E-state index contributed by atoms with van der Waals surface area (Å²) >= 11 is 3.48. The predicted octanol–water partition coefficient (Wildman–Crippen LogP) is 2.65. The van der Waals surface area contributed by atoms with E-state index in [-0.39, 0.29) is 0 Å². The van der Waals surface area contributed by atoms with E-state index in [9.17, 15) is 4.79 Å². The van der Waals surface area contributed by atoms with Gasteiger partial charge in [-0.05, 0) is 44.6 Å². The van der Waals surface area contributed by atoms with Crippen LogP contribution < -0.4 is 5.32 Å². The third-order valence-electron chi connectivity index (χ3n) is 4.38. The van der Waals surface area contributed by atoms with Crippen molar-refractivity contribution in [2.24, 2.45) is 0 Å². The zero-order chi connectivity index (χ0) is 15.9. The third kappa shape index (κ3) is 4.80. The number of carbonyl (C=O) groups is 1. The minimum atomic E-state index is 0.297. The molecule has 1 N–H and O–H groups in total. The minimum absolute atomic E-state index is 0.297. The Morgan fingerprint density at radius 1 is 1.23 bits per heavy atom. The second-order valence-electron chi connectivity index (χ2n) is 5.85. The van der Waals surface area contributed by atoms with Crippen molar-refractivity contribution in [2.45, 2.75) is 25.8 Å². The highest BCUT2D eigenvalue weighted by molar-refractivity contribution is 9.10. The van der Waals surface area contributed by atoms with Gasteiger partial charge in [0.2, 0.25) is 5.91 Å². The van der Waals surface area contributed by atoms with Crippen LogP contribution in [0, 0.1) is 0 Å². The summed E-state index contributed by atoms with van der Waals surface area (Å²) in [6.07, 6.45) is 1.58. The van der Waals surface area contributed by atoms with Crippen molar-refractivity contribution < 1.29 is 4.79 Å². The van der Waals surface area contributed by atoms with Crippen molar-refractivity contribution in [1.82, 2.24) is 15.1 Å². The van der Waals surface area contributed by atoms with Crippen molar-refractivity contribution >= 4 is 21.8 Å². The Bertz CT molecular complexity index is 469. The molecule has 1 amide bonds. The second-order valence-corrected chi connectivity index (χ2v) is 6.77. The monoisotopic (exact) mass is 367 g/mol. The minimum Gasteiger partial charge on any atom is -0.340 e. The van der Waals surface area contributed by atoms with E-state index in [0.717, 1.165) is 43.6 Å². The lowest BCUT2D eigenvalue weighted by Crippen LogP contribution is -2.49. The fourth-order valence-corrected chi connectivity index (χ4v) is 3.15. The van der Waals surface area contributed by atoms with Gasteiger partial charge < -0.3 is 10.2 Å². The van der Waals surface area contributed by atoms with Gasteiger partial charge in [-0.15, -0.1) is 0 Å². The molecule has 22 heavy (non-hydrogen) atoms. The molecule has 122 valence electrons. The highest BCUT2D eigenvalue weighted by atomic mass is 79.9. The third-order valence-corrected chi connectivity index (χ3v) is 4.91. The molecule has 1 atom stereocenters. The van der Waals surface area contributed by atoms with Crippen LogP contribution in [-0.2, 0) is 4.79 Å². The van der Waals surface area contributed by atoms with Crippen molar-refractivity contribution in [3.8, 4) is 0 Å². The van der Waals surface area contributed by atoms with Crippen LogP contribution in [0.1, 0.15) is 31.4 Å². The molecule has 1 aromatic rings. The van der Waals surface area contributed by atoms with Crippen LogP contribution in [0.2, 0.25) is 0 Å². The number of halogens is 1. The summed E-state index contributed by atoms with van der Waals surface area (Å²) in [5, 5.41) is 3.09. The number of benzene rings is 1. The summed E-state index contributed by atoms with van der Waals surface area (Å²) in [5.41, 5.74) is 1.33. The number of nitrogens with zero attached hydrogens (tertiary/aromatic N) is 2. The first kappa shape index (κ1) is 17.4. The quantitative estimate of drug-likeness (QED) is 0.785. The normalized spacial score (nSPS) is 17.5. The lowest BCUT2D eigenvalue weighted by atomic mass is 10.1. The molecule has 0 radical (unpaired) electrons. The first-order valence-corrected chi connectivity index (χ1v) is 8.83. The Labute approximate surface area is 142 Å². The maximum absolute atomic E-state index is 12.1. The van der Waals surface area contributed by atoms with Crippen LogP contribution >= 0.6 is 15.9 Å². The van der Waals surface area contributed by atoms with Gasteiger partial charge in [0.1, 0.15) is 0 Å². The molecule has 0 spiro atoms. The van der Waals surface area contributed by atoms with Crippen LogP contribution in [-0.4, -0.2) is 55.5 Å². The Morgan fingerprint density at radius 2 is 1.86 bits per heavy atom. The van der Waals surface area contributed by atoms with Gasteiger partial charge in [-0.1, -0.05) is 28.1 Å². The van der Waals surface area contributed by atoms with Crippen LogP contribution in [0.15, 0.2) is 28.7 Å². The molecule has 0 aliphatic carbocycles. The standard InChI is InChI=1S/C17H26BrN3O/c1-14(15-5-7-16(18)8-6-15)20-10-12-21(13-11-20)17(22)4-3-9-19-2/h5-8,14,19H,3-4,9-13H2,1-2H3. The summed E-state index contributed by atoms with van der Waals surface area (Å²) in [4.78, 5) is 16.6. The highest BCUT2D eigenvalue weighted by Crippen LogP contribution is 2.23. The van der Waals surface area contributed by atoms with E-state index in [4.69, 9.17) is 0 Å². The SMILES string of the molecule is CNCCCC(=O)N1CCN(C(C)c2ccc(Br)cc2)CC1. The topological polar surface area (TPSA) is 35.6 Å². The summed E-state index contributed by atoms with van der Waals surface area (Å²) in [6, 6.07) is 8.92. The number of amides is 1. The lowest BCUT2D eigenvalue weighted by molar-refractivity contribution is -0.133. The van der Waals surface area contributed by atoms with E-state index in [1.807, 2.05) is 11.9 Å². The molecule has 1 unspecified atom stereocenters. The van der Waals surface area contributed by atoms with Gasteiger partial charge >= 0.3 is 0 Å². The summed E-state index contributed by atoms with van der Waals surface area (Å²) < 4.78 is 1.11.